The number of nitrogens with one attached hydrogen (secondary N) is 1. The van der Waals surface area contributed by atoms with E-state index < -0.39 is 21.6 Å². The Morgan fingerprint density at radius 1 is 1.43 bits per heavy atom. The van der Waals surface area contributed by atoms with Crippen LogP contribution in [0.4, 0.5) is 5.69 Å². The van der Waals surface area contributed by atoms with Gasteiger partial charge in [-0.2, -0.15) is 0 Å². The van der Waals surface area contributed by atoms with Crippen molar-refractivity contribution in [2.24, 2.45) is 0 Å². The fourth-order valence-corrected chi connectivity index (χ4v) is 1.71. The molecule has 0 aliphatic carbocycles. The molecule has 6 nitrogen and oxygen atoms in total. The summed E-state index contributed by atoms with van der Waals surface area (Å²) in [7, 11) is -4.67. The highest BCUT2D eigenvalue weighted by atomic mass is 32.2. The molecule has 0 fully saturated rings. The molecule has 0 amide bonds. The van der Waals surface area contributed by atoms with Crippen LogP contribution in [0.5, 0.6) is 0 Å². The van der Waals surface area contributed by atoms with Crippen LogP contribution in [-0.2, 0) is 16.7 Å². The predicted molar refractivity (Wildman–Crippen MR) is 44.3 cm³/mol. The Kier molecular flexibility index (Phi) is 2.94. The molecular formula is C7H7NO5S. The van der Waals surface area contributed by atoms with Crippen LogP contribution < -0.4 is 5.18 Å². The van der Waals surface area contributed by atoms with E-state index >= 15 is 0 Å². The summed E-state index contributed by atoms with van der Waals surface area (Å²) in [5, 5.41) is 10.2. The number of aliphatic hydroxyl groups is 1. The molecule has 0 aliphatic rings. The van der Waals surface area contributed by atoms with Crippen molar-refractivity contribution < 1.29 is 23.3 Å². The minimum absolute atomic E-state index is 0.0287. The first-order chi connectivity index (χ1) is 6.49. The van der Waals surface area contributed by atoms with Gasteiger partial charge in [0.1, 0.15) is 10.1 Å². The van der Waals surface area contributed by atoms with Crippen LogP contribution in [0, 0.1) is 4.91 Å². The van der Waals surface area contributed by atoms with Crippen molar-refractivity contribution in [2.45, 2.75) is 11.5 Å². The summed E-state index contributed by atoms with van der Waals surface area (Å²) >= 11 is 0. The molecule has 0 aliphatic heterocycles. The number of rotatable bonds is 3. The molecule has 0 spiro atoms. The fraction of sp³-hybridized carbons (Fsp3) is 0.143. The van der Waals surface area contributed by atoms with Crippen molar-refractivity contribution in [2.75, 3.05) is 0 Å². The van der Waals surface area contributed by atoms with Gasteiger partial charge in [0.05, 0.1) is 11.5 Å². The summed E-state index contributed by atoms with van der Waals surface area (Å²) < 4.78 is 32.1. The highest BCUT2D eigenvalue weighted by Gasteiger charge is 2.11. The van der Waals surface area contributed by atoms with E-state index in [1.54, 1.807) is 0 Å². The van der Waals surface area contributed by atoms with Gasteiger partial charge in [-0.25, -0.2) is 8.42 Å². The Bertz CT molecular complexity index is 453. The Hall–Kier alpha value is -1.31. The molecule has 7 heteroatoms. The molecule has 76 valence electrons. The fourth-order valence-electron chi connectivity index (χ4n) is 0.981. The average molecular weight is 217 g/mol. The van der Waals surface area contributed by atoms with Crippen molar-refractivity contribution in [1.82, 2.24) is 0 Å². The van der Waals surface area contributed by atoms with Crippen molar-refractivity contribution in [3.8, 4) is 0 Å². The lowest BCUT2D eigenvalue weighted by Gasteiger charge is -2.09. The maximum absolute atomic E-state index is 10.7. The van der Waals surface area contributed by atoms with Gasteiger partial charge in [0.15, 0.2) is 0 Å². The largest absolute Gasteiger partial charge is 0.744 e. The van der Waals surface area contributed by atoms with Gasteiger partial charge in [-0.05, 0) is 11.6 Å². The quantitative estimate of drug-likeness (QED) is 0.603. The number of aliphatic hydroxyl groups excluding tert-OH is 1. The van der Waals surface area contributed by atoms with E-state index in [2.05, 4.69) is 0 Å². The van der Waals surface area contributed by atoms with Crippen LogP contribution in [-0.4, -0.2) is 18.1 Å². The highest BCUT2D eigenvalue weighted by Crippen LogP contribution is 2.17. The Morgan fingerprint density at radius 2 is 2.07 bits per heavy atom. The van der Waals surface area contributed by atoms with E-state index in [9.17, 15) is 17.9 Å². The van der Waals surface area contributed by atoms with E-state index in [0.29, 0.717) is 0 Å². The van der Waals surface area contributed by atoms with Crippen LogP contribution >= 0.6 is 0 Å². The van der Waals surface area contributed by atoms with Crippen LogP contribution in [0.2, 0.25) is 0 Å². The molecule has 2 N–H and O–H groups in total. The lowest BCUT2D eigenvalue weighted by atomic mass is 10.2. The smallest absolute Gasteiger partial charge is 0.254 e. The maximum atomic E-state index is 10.7. The number of hydrogen-bond donors (Lipinski definition) is 2. The van der Waals surface area contributed by atoms with Crippen LogP contribution in [0.25, 0.3) is 0 Å². The molecule has 1 aromatic rings. The first kappa shape index (κ1) is 10.8. The van der Waals surface area contributed by atoms with Crippen molar-refractivity contribution in [3.05, 3.63) is 28.7 Å². The molecule has 14 heavy (non-hydrogen) atoms. The third-order valence-electron chi connectivity index (χ3n) is 1.62. The van der Waals surface area contributed by atoms with Gasteiger partial charge in [0.25, 0.3) is 5.69 Å². The first-order valence-electron chi connectivity index (χ1n) is 3.57. The summed E-state index contributed by atoms with van der Waals surface area (Å²) in [6, 6.07) is 3.36. The summed E-state index contributed by atoms with van der Waals surface area (Å²) in [6.45, 7) is -0.573. The number of benzene rings is 1. The predicted octanol–water partition coefficient (Wildman–Crippen LogP) is -1.44. The zero-order valence-corrected chi connectivity index (χ0v) is 7.74. The topological polar surface area (TPSA) is 108 Å². The van der Waals surface area contributed by atoms with Crippen LogP contribution in [0.1, 0.15) is 5.56 Å². The van der Waals surface area contributed by atoms with E-state index in [1.807, 2.05) is 0 Å². The summed E-state index contributed by atoms with van der Waals surface area (Å²) in [5.74, 6) is 0. The van der Waals surface area contributed by atoms with Crippen molar-refractivity contribution >= 4 is 15.8 Å². The monoisotopic (exact) mass is 217 g/mol. The molecule has 0 saturated heterocycles. The Morgan fingerprint density at radius 3 is 2.50 bits per heavy atom. The zero-order valence-electron chi connectivity index (χ0n) is 6.93. The highest BCUT2D eigenvalue weighted by molar-refractivity contribution is 7.85. The summed E-state index contributed by atoms with van der Waals surface area (Å²) in [6.07, 6.45) is 0. The standard InChI is InChI=1S/C7H7NO5S/c9-4-5-1-2-6(8-10)3-7(5)14(11,12)13/h1-3,9H,4H2,(H,11,12,13). The molecule has 0 atom stereocenters. The Balaban J connectivity index is 3.44. The third kappa shape index (κ3) is 2.13. The molecule has 0 aromatic heterocycles. The molecule has 1 aromatic carbocycles. The average Bonchev–Trinajstić information content (AvgIpc) is 2.15. The number of nitroso groups, excluding NO2 is 1. The maximum Gasteiger partial charge on any atom is 0.254 e. The van der Waals surface area contributed by atoms with Crippen molar-refractivity contribution in [3.63, 3.8) is 0 Å². The molecule has 0 heterocycles. The van der Waals surface area contributed by atoms with E-state index in [4.69, 9.17) is 5.11 Å². The second-order valence-electron chi connectivity index (χ2n) is 2.54. The van der Waals surface area contributed by atoms with Crippen LogP contribution in [0.3, 0.4) is 0 Å². The molecule has 0 radical (unpaired) electrons. The van der Waals surface area contributed by atoms with E-state index in [-0.39, 0.29) is 11.3 Å². The third-order valence-corrected chi connectivity index (χ3v) is 2.54. The Labute approximate surface area is 79.9 Å². The first-order valence-corrected chi connectivity index (χ1v) is 4.97. The van der Waals surface area contributed by atoms with Gasteiger partial charge >= 0.3 is 0 Å². The van der Waals surface area contributed by atoms with Gasteiger partial charge in [0.2, 0.25) is 0 Å². The number of hydrogen-bond acceptors (Lipinski definition) is 5. The lowest BCUT2D eigenvalue weighted by Crippen LogP contribution is -2.55. The molecule has 0 saturated carbocycles. The second kappa shape index (κ2) is 3.82. The van der Waals surface area contributed by atoms with Crippen molar-refractivity contribution in [1.29, 1.82) is 0 Å². The summed E-state index contributed by atoms with van der Waals surface area (Å²) in [4.78, 5) is 9.62. The van der Waals surface area contributed by atoms with Gasteiger partial charge in [0, 0.05) is 22.2 Å². The van der Waals surface area contributed by atoms with Gasteiger partial charge in [-0.15, -0.1) is 0 Å². The lowest BCUT2D eigenvalue weighted by molar-refractivity contribution is -0.379. The van der Waals surface area contributed by atoms with E-state index in [1.165, 1.54) is 17.3 Å². The molecule has 1 rings (SSSR count). The van der Waals surface area contributed by atoms with E-state index in [0.717, 1.165) is 6.07 Å². The SMILES string of the molecule is O=[NH+]c1ccc(CO)c(S(=O)(=O)[O-])c1. The zero-order chi connectivity index (χ0) is 10.8. The molecule has 0 unspecified atom stereocenters. The normalized spacial score (nSPS) is 11.3. The second-order valence-corrected chi connectivity index (χ2v) is 3.88. The minimum Gasteiger partial charge on any atom is -0.744 e. The van der Waals surface area contributed by atoms with Gasteiger partial charge in [-0.3, -0.25) is 0 Å². The van der Waals surface area contributed by atoms with Crippen LogP contribution in [0.15, 0.2) is 23.1 Å². The molecule has 0 bridgehead atoms. The van der Waals surface area contributed by atoms with Gasteiger partial charge < -0.3 is 9.66 Å². The minimum atomic E-state index is -4.67. The van der Waals surface area contributed by atoms with Gasteiger partial charge in [-0.1, -0.05) is 0 Å². The molecular weight excluding hydrogens is 210 g/mol. The summed E-state index contributed by atoms with van der Waals surface area (Å²) in [5.41, 5.74) is -0.0735.